The molecular weight excluding hydrogens is 287 g/mol. The second kappa shape index (κ2) is 4.41. The number of rotatable bonds is 1. The van der Waals surface area contributed by atoms with Crippen molar-refractivity contribution in [2.75, 3.05) is 0 Å². The average Bonchev–Trinajstić information content (AvgIpc) is 2.29. The highest BCUT2D eigenvalue weighted by Crippen LogP contribution is 2.22. The number of aromatic nitrogens is 2. The lowest BCUT2D eigenvalue weighted by atomic mass is 10.1. The molecule has 5 heteroatoms. The van der Waals surface area contributed by atoms with Crippen LogP contribution in [0.25, 0.3) is 11.4 Å². The largest absolute Gasteiger partial charge is 0.304 e. The first-order chi connectivity index (χ1) is 7.99. The normalized spacial score (nSPS) is 10.6. The summed E-state index contributed by atoms with van der Waals surface area (Å²) < 4.78 is 14.1. The fourth-order valence-electron chi connectivity index (χ4n) is 1.45. The van der Waals surface area contributed by atoms with Crippen LogP contribution >= 0.6 is 15.9 Å². The van der Waals surface area contributed by atoms with Crippen molar-refractivity contribution in [3.8, 4) is 11.4 Å². The van der Waals surface area contributed by atoms with E-state index in [-0.39, 0.29) is 5.69 Å². The maximum absolute atomic E-state index is 13.2. The molecule has 1 N–H and O–H groups in total. The minimum atomic E-state index is -0.833. The molecule has 0 fully saturated rings. The van der Waals surface area contributed by atoms with Gasteiger partial charge in [-0.05, 0) is 25.5 Å². The molecule has 0 aliphatic carbocycles. The van der Waals surface area contributed by atoms with Crippen molar-refractivity contribution in [1.29, 1.82) is 0 Å². The minimum Gasteiger partial charge on any atom is -0.304 e. The SMILES string of the molecule is Cc1ccc(-c2nc(C)c(F)c(=O)[nH]2)cc1Br. The van der Waals surface area contributed by atoms with Crippen LogP contribution in [0, 0.1) is 19.7 Å². The highest BCUT2D eigenvalue weighted by Gasteiger charge is 2.09. The zero-order valence-electron chi connectivity index (χ0n) is 9.34. The van der Waals surface area contributed by atoms with Gasteiger partial charge in [0.05, 0.1) is 5.69 Å². The van der Waals surface area contributed by atoms with Gasteiger partial charge in [-0.15, -0.1) is 0 Å². The van der Waals surface area contributed by atoms with Gasteiger partial charge >= 0.3 is 0 Å². The molecule has 0 saturated carbocycles. The molecule has 0 unspecified atom stereocenters. The summed E-state index contributed by atoms with van der Waals surface area (Å²) in [4.78, 5) is 17.7. The quantitative estimate of drug-likeness (QED) is 0.879. The predicted octanol–water partition coefficient (Wildman–Crippen LogP) is 2.96. The van der Waals surface area contributed by atoms with Crippen LogP contribution in [0.4, 0.5) is 4.39 Å². The summed E-state index contributed by atoms with van der Waals surface area (Å²) in [6.45, 7) is 3.43. The molecule has 1 heterocycles. The molecular formula is C12H10BrFN2O. The summed E-state index contributed by atoms with van der Waals surface area (Å²) in [5.74, 6) is -0.463. The molecule has 0 radical (unpaired) electrons. The van der Waals surface area contributed by atoms with E-state index in [9.17, 15) is 9.18 Å². The van der Waals surface area contributed by atoms with E-state index in [0.29, 0.717) is 5.82 Å². The lowest BCUT2D eigenvalue weighted by molar-refractivity contribution is 0.589. The van der Waals surface area contributed by atoms with E-state index in [4.69, 9.17) is 0 Å². The van der Waals surface area contributed by atoms with Gasteiger partial charge in [0.2, 0.25) is 5.82 Å². The summed E-state index contributed by atoms with van der Waals surface area (Å²) >= 11 is 3.40. The van der Waals surface area contributed by atoms with Gasteiger partial charge in [-0.3, -0.25) is 4.79 Å². The van der Waals surface area contributed by atoms with Crippen molar-refractivity contribution in [3.05, 3.63) is 50.1 Å². The van der Waals surface area contributed by atoms with Crippen LogP contribution in [-0.4, -0.2) is 9.97 Å². The van der Waals surface area contributed by atoms with E-state index in [0.717, 1.165) is 15.6 Å². The number of hydrogen-bond acceptors (Lipinski definition) is 2. The molecule has 0 aliphatic heterocycles. The molecule has 88 valence electrons. The first kappa shape index (κ1) is 12.0. The molecule has 2 rings (SSSR count). The van der Waals surface area contributed by atoms with Crippen molar-refractivity contribution in [2.24, 2.45) is 0 Å². The number of nitrogens with zero attached hydrogens (tertiary/aromatic N) is 1. The van der Waals surface area contributed by atoms with Crippen LogP contribution in [0.3, 0.4) is 0 Å². The van der Waals surface area contributed by atoms with Gasteiger partial charge < -0.3 is 4.98 Å². The number of hydrogen-bond donors (Lipinski definition) is 1. The maximum Gasteiger partial charge on any atom is 0.287 e. The Labute approximate surface area is 106 Å². The molecule has 3 nitrogen and oxygen atoms in total. The molecule has 0 atom stereocenters. The standard InChI is InChI=1S/C12H10BrFN2O/c1-6-3-4-8(5-9(6)13)11-15-7(2)10(14)12(17)16-11/h3-5H,1-2H3,(H,15,16,17). The Morgan fingerprint density at radius 3 is 2.65 bits per heavy atom. The van der Waals surface area contributed by atoms with E-state index in [2.05, 4.69) is 25.9 Å². The molecule has 0 amide bonds. The Hall–Kier alpha value is -1.49. The van der Waals surface area contributed by atoms with Crippen molar-refractivity contribution in [1.82, 2.24) is 9.97 Å². The van der Waals surface area contributed by atoms with Gasteiger partial charge in [0.15, 0.2) is 0 Å². The number of nitrogens with one attached hydrogen (secondary N) is 1. The minimum absolute atomic E-state index is 0.0976. The number of aryl methyl sites for hydroxylation is 2. The van der Waals surface area contributed by atoms with E-state index >= 15 is 0 Å². The average molecular weight is 297 g/mol. The predicted molar refractivity (Wildman–Crippen MR) is 67.4 cm³/mol. The van der Waals surface area contributed by atoms with Gasteiger partial charge in [0.25, 0.3) is 5.56 Å². The second-order valence-electron chi connectivity index (χ2n) is 3.78. The number of H-pyrrole nitrogens is 1. The third kappa shape index (κ3) is 2.29. The van der Waals surface area contributed by atoms with Crippen LogP contribution in [0.1, 0.15) is 11.3 Å². The van der Waals surface area contributed by atoms with Crippen molar-refractivity contribution in [2.45, 2.75) is 13.8 Å². The fraction of sp³-hybridized carbons (Fsp3) is 0.167. The molecule has 0 saturated heterocycles. The fourth-order valence-corrected chi connectivity index (χ4v) is 1.83. The van der Waals surface area contributed by atoms with Crippen molar-refractivity contribution < 1.29 is 4.39 Å². The monoisotopic (exact) mass is 296 g/mol. The number of halogens is 2. The number of benzene rings is 1. The van der Waals surface area contributed by atoms with Crippen LogP contribution in [0.15, 0.2) is 27.5 Å². The topological polar surface area (TPSA) is 45.8 Å². The van der Waals surface area contributed by atoms with Gasteiger partial charge in [-0.1, -0.05) is 28.1 Å². The Bertz CT molecular complexity index is 637. The van der Waals surface area contributed by atoms with Crippen LogP contribution in [0.5, 0.6) is 0 Å². The molecule has 0 aliphatic rings. The Morgan fingerprint density at radius 2 is 2.06 bits per heavy atom. The van der Waals surface area contributed by atoms with Gasteiger partial charge in [-0.2, -0.15) is 4.39 Å². The molecule has 0 spiro atoms. The third-order valence-corrected chi connectivity index (χ3v) is 3.33. The smallest absolute Gasteiger partial charge is 0.287 e. The second-order valence-corrected chi connectivity index (χ2v) is 4.63. The van der Waals surface area contributed by atoms with Crippen LogP contribution in [0.2, 0.25) is 0 Å². The van der Waals surface area contributed by atoms with Crippen molar-refractivity contribution >= 4 is 15.9 Å². The highest BCUT2D eigenvalue weighted by molar-refractivity contribution is 9.10. The van der Waals surface area contributed by atoms with E-state index < -0.39 is 11.4 Å². The van der Waals surface area contributed by atoms with Crippen molar-refractivity contribution in [3.63, 3.8) is 0 Å². The molecule has 1 aromatic carbocycles. The third-order valence-electron chi connectivity index (χ3n) is 2.47. The zero-order chi connectivity index (χ0) is 12.6. The molecule has 17 heavy (non-hydrogen) atoms. The van der Waals surface area contributed by atoms with E-state index in [1.165, 1.54) is 6.92 Å². The van der Waals surface area contributed by atoms with Crippen LogP contribution < -0.4 is 5.56 Å². The lowest BCUT2D eigenvalue weighted by Crippen LogP contribution is -2.15. The first-order valence-corrected chi connectivity index (χ1v) is 5.81. The maximum atomic E-state index is 13.2. The van der Waals surface area contributed by atoms with Crippen LogP contribution in [-0.2, 0) is 0 Å². The van der Waals surface area contributed by atoms with Gasteiger partial charge in [-0.25, -0.2) is 4.98 Å². The number of aromatic amines is 1. The first-order valence-electron chi connectivity index (χ1n) is 5.02. The van der Waals surface area contributed by atoms with E-state index in [1.54, 1.807) is 0 Å². The van der Waals surface area contributed by atoms with E-state index in [1.807, 2.05) is 25.1 Å². The summed E-state index contributed by atoms with van der Waals surface area (Å²) in [5.41, 5.74) is 1.17. The summed E-state index contributed by atoms with van der Waals surface area (Å²) in [7, 11) is 0. The zero-order valence-corrected chi connectivity index (χ0v) is 10.9. The Balaban J connectivity index is 2.61. The summed E-state index contributed by atoms with van der Waals surface area (Å²) in [6, 6.07) is 5.57. The summed E-state index contributed by atoms with van der Waals surface area (Å²) in [5, 5.41) is 0. The van der Waals surface area contributed by atoms with Gasteiger partial charge in [0.1, 0.15) is 5.82 Å². The Morgan fingerprint density at radius 1 is 1.35 bits per heavy atom. The highest BCUT2D eigenvalue weighted by atomic mass is 79.9. The summed E-state index contributed by atoms with van der Waals surface area (Å²) in [6.07, 6.45) is 0. The lowest BCUT2D eigenvalue weighted by Gasteiger charge is -2.05. The molecule has 2 aromatic rings. The molecule has 0 bridgehead atoms. The Kier molecular flexibility index (Phi) is 3.11. The van der Waals surface area contributed by atoms with Gasteiger partial charge in [0, 0.05) is 10.0 Å². The molecule has 1 aromatic heterocycles.